The Kier molecular flexibility index (Phi) is 18.8. The van der Waals surface area contributed by atoms with Gasteiger partial charge in [-0.25, -0.2) is 19.9 Å². The second kappa shape index (κ2) is 27.2. The summed E-state index contributed by atoms with van der Waals surface area (Å²) in [5, 5.41) is 21.5. The van der Waals surface area contributed by atoms with Crippen LogP contribution >= 0.6 is 0 Å². The molecular weight excluding hydrogens is 1210 g/mol. The quantitative estimate of drug-likeness (QED) is 0.0664. The van der Waals surface area contributed by atoms with Crippen molar-refractivity contribution in [2.45, 2.75) is 124 Å². The monoisotopic (exact) mass is 1290 g/mol. The number of amides is 5. The van der Waals surface area contributed by atoms with E-state index in [0.717, 1.165) is 157 Å². The van der Waals surface area contributed by atoms with Crippen LogP contribution in [0, 0.1) is 42.4 Å². The molecule has 4 spiro atoms. The number of ether oxygens (including phenoxy) is 2. The molecule has 4 heterocycles. The number of hydroxylamine groups is 1. The number of hydrogen-bond acceptors (Lipinski definition) is 11. The van der Waals surface area contributed by atoms with E-state index in [2.05, 4.69) is 17.4 Å². The molecule has 4 fully saturated rings. The molecular formula is C79H83N5O12. The third kappa shape index (κ3) is 12.6. The first kappa shape index (κ1) is 66.3. The number of benzene rings is 7. The Hall–Kier alpha value is -9.74. The summed E-state index contributed by atoms with van der Waals surface area (Å²) in [5.41, 5.74) is 16.6. The van der Waals surface area contributed by atoms with Crippen LogP contribution in [0.5, 0.6) is 0 Å². The van der Waals surface area contributed by atoms with Crippen molar-refractivity contribution in [3.63, 3.8) is 0 Å². The highest BCUT2D eigenvalue weighted by Crippen LogP contribution is 2.50. The van der Waals surface area contributed by atoms with Crippen molar-refractivity contribution in [3.05, 3.63) is 229 Å². The fourth-order valence-corrected chi connectivity index (χ4v) is 16.5. The maximum absolute atomic E-state index is 13.4. The number of carbonyl (C=O) groups excluding carboxylic acids is 7. The minimum absolute atomic E-state index is 0.137. The van der Waals surface area contributed by atoms with E-state index in [1.54, 1.807) is 35.8 Å². The van der Waals surface area contributed by atoms with Crippen molar-refractivity contribution in [1.82, 2.24) is 10.8 Å². The Labute approximate surface area is 560 Å². The molecule has 4 aliphatic heterocycles. The number of carboxylic acids is 1. The van der Waals surface area contributed by atoms with E-state index in [-0.39, 0.29) is 41.0 Å². The molecule has 96 heavy (non-hydrogen) atoms. The molecule has 0 radical (unpaired) electrons. The number of hydrogen-bond donors (Lipinski definition) is 4. The summed E-state index contributed by atoms with van der Waals surface area (Å²) in [6, 6.07) is 46.6. The van der Waals surface area contributed by atoms with Crippen LogP contribution in [-0.4, -0.2) is 98.2 Å². The van der Waals surface area contributed by atoms with Crippen LogP contribution in [0.15, 0.2) is 146 Å². The zero-order valence-corrected chi connectivity index (χ0v) is 55.3. The Morgan fingerprint density at radius 1 is 0.427 bits per heavy atom. The highest BCUT2D eigenvalue weighted by Gasteiger charge is 2.52. The Morgan fingerprint density at radius 2 is 0.750 bits per heavy atom. The van der Waals surface area contributed by atoms with Gasteiger partial charge in [0, 0.05) is 48.8 Å². The number of methoxy groups -OCH3 is 2. The molecule has 0 aromatic heterocycles. The summed E-state index contributed by atoms with van der Waals surface area (Å²) in [6.45, 7) is 8.97. The van der Waals surface area contributed by atoms with Gasteiger partial charge in [-0.3, -0.25) is 29.2 Å². The first-order chi connectivity index (χ1) is 46.2. The first-order valence-corrected chi connectivity index (χ1v) is 33.5. The van der Waals surface area contributed by atoms with Crippen LogP contribution in [0.2, 0.25) is 0 Å². The summed E-state index contributed by atoms with van der Waals surface area (Å²) in [4.78, 5) is 105. The topological polar surface area (TPSA) is 229 Å². The summed E-state index contributed by atoms with van der Waals surface area (Å²) in [5.74, 6) is -1.44. The normalized spacial score (nSPS) is 22.5. The van der Waals surface area contributed by atoms with Gasteiger partial charge < -0.3 is 34.6 Å². The van der Waals surface area contributed by atoms with E-state index < -0.39 is 28.1 Å². The average molecular weight is 1290 g/mol. The van der Waals surface area contributed by atoms with E-state index in [9.17, 15) is 43.5 Å². The van der Waals surface area contributed by atoms with Crippen molar-refractivity contribution in [2.24, 2.45) is 21.7 Å². The Bertz CT molecular complexity index is 4130. The molecule has 7 aromatic carbocycles. The molecule has 17 nitrogen and oxygen atoms in total. The molecule has 0 saturated carbocycles. The van der Waals surface area contributed by atoms with Crippen LogP contribution < -0.4 is 25.5 Å². The summed E-state index contributed by atoms with van der Waals surface area (Å²) < 4.78 is 9.79. The zero-order valence-electron chi connectivity index (χ0n) is 55.3. The maximum Gasteiger partial charge on any atom is 0.338 e. The van der Waals surface area contributed by atoms with Crippen LogP contribution in [-0.2, 0) is 80.0 Å². The number of aryl methyl sites for hydroxylation is 7. The van der Waals surface area contributed by atoms with Gasteiger partial charge in [0.1, 0.15) is 0 Å². The lowest BCUT2D eigenvalue weighted by Crippen LogP contribution is -2.39. The van der Waals surface area contributed by atoms with Gasteiger partial charge in [-0.05, 0) is 245 Å². The molecule has 496 valence electrons. The third-order valence-corrected chi connectivity index (χ3v) is 21.9. The molecule has 8 aliphatic rings. The molecule has 7 aromatic rings. The van der Waals surface area contributed by atoms with Gasteiger partial charge >= 0.3 is 17.9 Å². The lowest BCUT2D eigenvalue weighted by molar-refractivity contribution is -0.128. The number of rotatable bonds is 7. The minimum atomic E-state index is -0.908. The first-order valence-electron chi connectivity index (χ1n) is 33.5. The minimum Gasteiger partial charge on any atom is -0.478 e. The summed E-state index contributed by atoms with van der Waals surface area (Å²) in [7, 11) is 2.79. The van der Waals surface area contributed by atoms with Crippen LogP contribution in [0.25, 0.3) is 0 Å². The van der Waals surface area contributed by atoms with Gasteiger partial charge in [0.2, 0.25) is 23.6 Å². The zero-order chi connectivity index (χ0) is 67.7. The van der Waals surface area contributed by atoms with Gasteiger partial charge in [-0.1, -0.05) is 84.9 Å². The van der Waals surface area contributed by atoms with Crippen molar-refractivity contribution < 1.29 is 58.1 Å². The van der Waals surface area contributed by atoms with E-state index >= 15 is 0 Å². The number of nitrogens with one attached hydrogen (secondary N) is 2. The molecule has 4 N–H and O–H groups in total. The van der Waals surface area contributed by atoms with Crippen molar-refractivity contribution in [2.75, 3.05) is 55.1 Å². The molecule has 4 saturated heterocycles. The maximum atomic E-state index is 13.4. The van der Waals surface area contributed by atoms with Crippen LogP contribution in [0.3, 0.4) is 0 Å². The summed E-state index contributed by atoms with van der Waals surface area (Å²) in [6.07, 6.45) is 12.1. The number of carboxylic acid groups (broad SMARTS) is 1. The lowest BCUT2D eigenvalue weighted by Gasteiger charge is -2.34. The largest absolute Gasteiger partial charge is 0.478 e. The molecule has 4 atom stereocenters. The van der Waals surface area contributed by atoms with Crippen LogP contribution in [0.4, 0.5) is 17.1 Å². The fourth-order valence-electron chi connectivity index (χ4n) is 16.5. The molecule has 0 bridgehead atoms. The highest BCUT2D eigenvalue weighted by molar-refractivity contribution is 6.03. The average Bonchev–Trinajstić information content (AvgIpc) is 1.48. The second-order valence-electron chi connectivity index (χ2n) is 27.5. The van der Waals surface area contributed by atoms with Gasteiger partial charge in [-0.2, -0.15) is 0 Å². The number of esters is 2. The van der Waals surface area contributed by atoms with Gasteiger partial charge in [-0.15, -0.1) is 0 Å². The van der Waals surface area contributed by atoms with Crippen molar-refractivity contribution >= 4 is 64.5 Å². The van der Waals surface area contributed by atoms with Gasteiger partial charge in [0.25, 0.3) is 5.91 Å². The third-order valence-electron chi connectivity index (χ3n) is 21.9. The molecule has 5 amide bonds. The molecule has 4 aliphatic carbocycles. The Morgan fingerprint density at radius 3 is 1.08 bits per heavy atom. The number of anilines is 3. The van der Waals surface area contributed by atoms with E-state index in [1.807, 2.05) is 139 Å². The number of nitrogens with zero attached hydrogens (tertiary/aromatic N) is 3. The fraction of sp³-hybridized carbons (Fsp3) is 0.367. The Balaban J connectivity index is 0.000000123. The smallest absolute Gasteiger partial charge is 0.338 e. The van der Waals surface area contributed by atoms with Crippen molar-refractivity contribution in [1.29, 1.82) is 0 Å². The van der Waals surface area contributed by atoms with E-state index in [1.165, 1.54) is 25.3 Å². The molecule has 17 heteroatoms. The molecule has 4 unspecified atom stereocenters. The standard InChI is InChI=1S/C22H23NO3.C21H22N2O3.C21H21NO3.C15H17NO3/c1-15-5-3-7-17(13-15)23-12-11-22(21(23)25)10-9-16-6-4-8-18(19(16)14-22)20(24)26-2;1-14-4-2-6-16(12-14)23-11-10-21(20(23)25)9-8-15-5-3-7-17(18(15)13-21)19(24)22-26;1-14-4-2-6-16(12-14)22-11-10-21(20(22)25)9-8-15-5-3-7-17(19(23)24)18(15)13-21;1-19-13(17)11-4-2-3-10-5-6-15(9-12(10)11)7-8-16-14(15)18/h3-8,13H,9-12,14H2,1-2H3;2-7,12,26H,8-11,13H2,1H3,(H,22,24);2-7,12H,8-11,13H2,1H3,(H,23,24);2-4H,5-9H2,1H3,(H,16,18). The number of aromatic carboxylic acids is 1. The highest BCUT2D eigenvalue weighted by atomic mass is 16.5. The number of carbonyl (C=O) groups is 8. The van der Waals surface area contributed by atoms with E-state index in [0.29, 0.717) is 61.0 Å². The van der Waals surface area contributed by atoms with Crippen molar-refractivity contribution in [3.8, 4) is 0 Å². The predicted molar refractivity (Wildman–Crippen MR) is 365 cm³/mol. The predicted octanol–water partition coefficient (Wildman–Crippen LogP) is 11.8. The van der Waals surface area contributed by atoms with E-state index in [4.69, 9.17) is 14.7 Å². The second-order valence-corrected chi connectivity index (χ2v) is 27.5. The number of fused-ring (bicyclic) bond motifs is 4. The molecule has 15 rings (SSSR count). The van der Waals surface area contributed by atoms with Gasteiger partial charge in [0.15, 0.2) is 0 Å². The summed E-state index contributed by atoms with van der Waals surface area (Å²) >= 11 is 0. The SMILES string of the molecule is COC(=O)c1cccc2c1CC1(CC2)CCN(c2cccc(C)c2)C1=O.COC(=O)c1cccc2c1CC1(CCNC1=O)CC2.Cc1cccc(N2CCC3(CCc4cccc(C(=O)NO)c4C3)C2=O)c1.Cc1cccc(N2CCC3(CCc4cccc(C(=O)O)c4C3)C2=O)c1. The van der Waals surface area contributed by atoms with Gasteiger partial charge in [0.05, 0.1) is 52.6 Å². The van der Waals surface area contributed by atoms with Crippen LogP contribution in [0.1, 0.15) is 154 Å². The lowest BCUT2D eigenvalue weighted by atomic mass is 9.69.